The monoisotopic (exact) mass is 477 g/mol. The summed E-state index contributed by atoms with van der Waals surface area (Å²) in [4.78, 5) is 30.8. The molecule has 35 heavy (non-hydrogen) atoms. The lowest BCUT2D eigenvalue weighted by Crippen LogP contribution is -2.51. The number of ether oxygens (including phenoxy) is 2. The average molecular weight is 478 g/mol. The zero-order valence-corrected chi connectivity index (χ0v) is 20.2. The Hall–Kier alpha value is -3.78. The Morgan fingerprint density at radius 2 is 1.71 bits per heavy atom. The van der Waals surface area contributed by atoms with E-state index in [0.29, 0.717) is 63.1 Å². The van der Waals surface area contributed by atoms with Crippen molar-refractivity contribution in [2.45, 2.75) is 13.2 Å². The molecule has 2 heterocycles. The van der Waals surface area contributed by atoms with Gasteiger partial charge in [-0.2, -0.15) is 0 Å². The number of hydrogen-bond donors (Lipinski definition) is 0. The quantitative estimate of drug-likeness (QED) is 0.471. The summed E-state index contributed by atoms with van der Waals surface area (Å²) in [5.41, 5.74) is 2.04. The van der Waals surface area contributed by atoms with Crippen LogP contribution in [0.1, 0.15) is 21.7 Å². The van der Waals surface area contributed by atoms with E-state index in [4.69, 9.17) is 13.9 Å². The molecule has 0 aliphatic carbocycles. The summed E-state index contributed by atoms with van der Waals surface area (Å²) >= 11 is 0. The van der Waals surface area contributed by atoms with E-state index in [2.05, 4.69) is 4.90 Å². The summed E-state index contributed by atoms with van der Waals surface area (Å²) in [6.07, 6.45) is 1.50. The van der Waals surface area contributed by atoms with Gasteiger partial charge >= 0.3 is 0 Å². The Kier molecular flexibility index (Phi) is 8.05. The van der Waals surface area contributed by atoms with Crippen LogP contribution in [0.25, 0.3) is 0 Å². The van der Waals surface area contributed by atoms with E-state index in [1.807, 2.05) is 48.5 Å². The zero-order valence-electron chi connectivity index (χ0n) is 20.2. The Bertz CT molecular complexity index is 1110. The summed E-state index contributed by atoms with van der Waals surface area (Å²) in [6.45, 7) is 3.66. The zero-order chi connectivity index (χ0) is 24.6. The second kappa shape index (κ2) is 11.6. The lowest BCUT2D eigenvalue weighted by atomic mass is 10.2. The van der Waals surface area contributed by atoms with E-state index in [1.165, 1.54) is 6.26 Å². The van der Waals surface area contributed by atoms with Crippen LogP contribution < -0.4 is 9.47 Å². The van der Waals surface area contributed by atoms with Gasteiger partial charge in [0.25, 0.3) is 5.91 Å². The molecule has 0 atom stereocenters. The number of hydrogen-bond acceptors (Lipinski definition) is 6. The lowest BCUT2D eigenvalue weighted by molar-refractivity contribution is -0.132. The fourth-order valence-electron chi connectivity index (χ4n) is 4.00. The molecule has 0 N–H and O–H groups in total. The van der Waals surface area contributed by atoms with Gasteiger partial charge in [0.05, 0.1) is 19.9 Å². The molecule has 2 aromatic carbocycles. The third kappa shape index (κ3) is 6.42. The fourth-order valence-corrected chi connectivity index (χ4v) is 4.00. The van der Waals surface area contributed by atoms with Crippen LogP contribution in [0.2, 0.25) is 0 Å². The first-order valence-corrected chi connectivity index (χ1v) is 11.7. The third-order valence-electron chi connectivity index (χ3n) is 6.06. The summed E-state index contributed by atoms with van der Waals surface area (Å²) in [6, 6.07) is 19.1. The van der Waals surface area contributed by atoms with Crippen LogP contribution in [-0.4, -0.2) is 73.4 Å². The highest BCUT2D eigenvalue weighted by molar-refractivity contribution is 5.91. The lowest BCUT2D eigenvalue weighted by Gasteiger charge is -2.34. The van der Waals surface area contributed by atoms with Gasteiger partial charge in [0.15, 0.2) is 17.3 Å². The van der Waals surface area contributed by atoms with Crippen molar-refractivity contribution in [2.75, 3.05) is 46.9 Å². The number of carbonyl (C=O) groups excluding carboxylic acids is 2. The molecule has 8 nitrogen and oxygen atoms in total. The molecule has 0 unspecified atom stereocenters. The molecule has 1 aliphatic heterocycles. The molecule has 0 bridgehead atoms. The van der Waals surface area contributed by atoms with Crippen LogP contribution in [0.3, 0.4) is 0 Å². The van der Waals surface area contributed by atoms with Crippen molar-refractivity contribution < 1.29 is 23.5 Å². The third-order valence-corrected chi connectivity index (χ3v) is 6.06. The Balaban J connectivity index is 1.26. The van der Waals surface area contributed by atoms with Crippen molar-refractivity contribution in [2.24, 2.45) is 0 Å². The first-order chi connectivity index (χ1) is 17.0. The second-order valence-electron chi connectivity index (χ2n) is 8.55. The molecule has 0 spiro atoms. The van der Waals surface area contributed by atoms with Gasteiger partial charge in [-0.3, -0.25) is 14.5 Å². The van der Waals surface area contributed by atoms with Gasteiger partial charge in [-0.25, -0.2) is 0 Å². The van der Waals surface area contributed by atoms with Crippen molar-refractivity contribution in [1.29, 1.82) is 0 Å². The minimum atomic E-state index is -0.108. The smallest absolute Gasteiger partial charge is 0.289 e. The summed E-state index contributed by atoms with van der Waals surface area (Å²) in [7, 11) is 3.41. The summed E-state index contributed by atoms with van der Waals surface area (Å²) in [5, 5.41) is 0. The van der Waals surface area contributed by atoms with Crippen molar-refractivity contribution >= 4 is 11.8 Å². The molecule has 0 radical (unpaired) electrons. The Morgan fingerprint density at radius 3 is 2.40 bits per heavy atom. The number of nitrogens with zero attached hydrogens (tertiary/aromatic N) is 3. The highest BCUT2D eigenvalue weighted by atomic mass is 16.5. The number of benzene rings is 2. The van der Waals surface area contributed by atoms with Crippen LogP contribution in [0.15, 0.2) is 71.3 Å². The highest BCUT2D eigenvalue weighted by Gasteiger charge is 2.25. The molecule has 1 aromatic heterocycles. The van der Waals surface area contributed by atoms with Crippen molar-refractivity contribution in [1.82, 2.24) is 14.7 Å². The standard InChI is InChI=1S/C27H31N3O5/c1-28(26(31)19-29-12-14-30(15-13-29)27(32)24-9-6-16-34-24)18-22-10-11-23(25(17-22)33-2)35-20-21-7-4-3-5-8-21/h3-11,16-17H,12-15,18-20H2,1-2H3. The molecule has 0 saturated carbocycles. The fraction of sp³-hybridized carbons (Fsp3) is 0.333. The SMILES string of the molecule is COc1cc(CN(C)C(=O)CN2CCN(C(=O)c3ccco3)CC2)ccc1OCc1ccccc1. The van der Waals surface area contributed by atoms with E-state index in [9.17, 15) is 9.59 Å². The number of carbonyl (C=O) groups is 2. The molecular formula is C27H31N3O5. The largest absolute Gasteiger partial charge is 0.493 e. The van der Waals surface area contributed by atoms with Gasteiger partial charge in [0, 0.05) is 39.8 Å². The van der Waals surface area contributed by atoms with Crippen molar-refractivity contribution in [3.05, 3.63) is 83.8 Å². The first kappa shape index (κ1) is 24.3. The van der Waals surface area contributed by atoms with E-state index in [1.54, 1.807) is 36.1 Å². The Labute approximate surface area is 205 Å². The van der Waals surface area contributed by atoms with Crippen LogP contribution in [0.4, 0.5) is 0 Å². The average Bonchev–Trinajstić information content (AvgIpc) is 3.43. The van der Waals surface area contributed by atoms with Crippen LogP contribution in [-0.2, 0) is 17.9 Å². The number of amides is 2. The molecule has 184 valence electrons. The molecule has 1 saturated heterocycles. The van der Waals surface area contributed by atoms with Crippen LogP contribution in [0, 0.1) is 0 Å². The van der Waals surface area contributed by atoms with Crippen molar-refractivity contribution in [3.8, 4) is 11.5 Å². The summed E-state index contributed by atoms with van der Waals surface area (Å²) in [5.74, 6) is 1.57. The van der Waals surface area contributed by atoms with E-state index >= 15 is 0 Å². The topological polar surface area (TPSA) is 75.5 Å². The van der Waals surface area contributed by atoms with E-state index in [0.717, 1.165) is 11.1 Å². The summed E-state index contributed by atoms with van der Waals surface area (Å²) < 4.78 is 16.6. The molecule has 8 heteroatoms. The van der Waals surface area contributed by atoms with Crippen molar-refractivity contribution in [3.63, 3.8) is 0 Å². The molecular weight excluding hydrogens is 446 g/mol. The number of rotatable bonds is 9. The van der Waals surface area contributed by atoms with Gasteiger partial charge < -0.3 is 23.7 Å². The Morgan fingerprint density at radius 1 is 0.943 bits per heavy atom. The van der Waals surface area contributed by atoms with Crippen LogP contribution >= 0.6 is 0 Å². The minimum Gasteiger partial charge on any atom is -0.493 e. The second-order valence-corrected chi connectivity index (χ2v) is 8.55. The van der Waals surface area contributed by atoms with Gasteiger partial charge in [-0.15, -0.1) is 0 Å². The predicted octanol–water partition coefficient (Wildman–Crippen LogP) is 3.28. The van der Waals surface area contributed by atoms with Gasteiger partial charge in [-0.1, -0.05) is 36.4 Å². The normalized spacial score (nSPS) is 13.9. The molecule has 4 rings (SSSR count). The number of piperazine rings is 1. The molecule has 1 fully saturated rings. The number of methoxy groups -OCH3 is 1. The molecule has 3 aromatic rings. The van der Waals surface area contributed by atoms with Gasteiger partial charge in [0.2, 0.25) is 5.91 Å². The first-order valence-electron chi connectivity index (χ1n) is 11.7. The van der Waals surface area contributed by atoms with E-state index < -0.39 is 0 Å². The van der Waals surface area contributed by atoms with E-state index in [-0.39, 0.29) is 11.8 Å². The molecule has 2 amide bonds. The highest BCUT2D eigenvalue weighted by Crippen LogP contribution is 2.29. The van der Waals surface area contributed by atoms with Gasteiger partial charge in [-0.05, 0) is 35.4 Å². The number of furan rings is 1. The number of likely N-dealkylation sites (N-methyl/N-ethyl adjacent to an activating group) is 1. The molecule has 1 aliphatic rings. The predicted molar refractivity (Wildman–Crippen MR) is 131 cm³/mol. The maximum absolute atomic E-state index is 12.8. The maximum Gasteiger partial charge on any atom is 0.289 e. The van der Waals surface area contributed by atoms with Gasteiger partial charge in [0.1, 0.15) is 6.61 Å². The maximum atomic E-state index is 12.8. The minimum absolute atomic E-state index is 0.0270. The van der Waals surface area contributed by atoms with Crippen LogP contribution in [0.5, 0.6) is 11.5 Å².